The number of rotatable bonds is 7. The van der Waals surface area contributed by atoms with Crippen LogP contribution in [0.4, 0.5) is 10.5 Å². The van der Waals surface area contributed by atoms with Crippen molar-refractivity contribution in [1.82, 2.24) is 25.4 Å². The summed E-state index contributed by atoms with van der Waals surface area (Å²) >= 11 is 1.50. The van der Waals surface area contributed by atoms with Gasteiger partial charge in [0.2, 0.25) is 0 Å². The fraction of sp³-hybridized carbons (Fsp3) is 0.471. The molecule has 1 aliphatic heterocycles. The molecule has 1 aromatic carbocycles. The lowest BCUT2D eigenvalue weighted by Gasteiger charge is -2.29. The molecule has 0 bridgehead atoms. The van der Waals surface area contributed by atoms with Crippen LogP contribution in [0.1, 0.15) is 12.8 Å². The van der Waals surface area contributed by atoms with E-state index >= 15 is 0 Å². The van der Waals surface area contributed by atoms with Gasteiger partial charge < -0.3 is 20.3 Å². The number of urea groups is 1. The quantitative estimate of drug-likeness (QED) is 0.506. The summed E-state index contributed by atoms with van der Waals surface area (Å²) in [6.07, 6.45) is 3.83. The molecule has 2 amide bonds. The number of amides is 2. The third-order valence-corrected chi connectivity index (χ3v) is 4.98. The van der Waals surface area contributed by atoms with Gasteiger partial charge in [0, 0.05) is 31.1 Å². The van der Waals surface area contributed by atoms with Crippen LogP contribution in [0.3, 0.4) is 0 Å². The highest BCUT2D eigenvalue weighted by atomic mass is 32.2. The highest BCUT2D eigenvalue weighted by molar-refractivity contribution is 7.99. The third-order valence-electron chi connectivity index (χ3n) is 4.10. The molecular formula is C17H24N6O2S. The lowest BCUT2D eigenvalue weighted by molar-refractivity contribution is 0.114. The Labute approximate surface area is 157 Å². The molecule has 0 saturated carbocycles. The number of anilines is 1. The van der Waals surface area contributed by atoms with Gasteiger partial charge in [-0.25, -0.2) is 9.78 Å². The Hall–Kier alpha value is -2.26. The standard InChI is InChI=1S/C17H24N6O2S/c1-23-9-6-15(7-10-23)25-14-4-2-13(3-5-14)21-16(24)18-8-11-26-17-19-12-20-22-17/h2-5,12,15H,6-11H2,1H3,(H2,18,21,24)(H,19,20,22). The van der Waals surface area contributed by atoms with Crippen LogP contribution in [0, 0.1) is 0 Å². The molecule has 2 heterocycles. The van der Waals surface area contributed by atoms with Crippen molar-refractivity contribution in [3.63, 3.8) is 0 Å². The Morgan fingerprint density at radius 1 is 1.35 bits per heavy atom. The minimum absolute atomic E-state index is 0.229. The first kappa shape index (κ1) is 18.5. The van der Waals surface area contributed by atoms with E-state index in [2.05, 4.69) is 37.8 Å². The zero-order chi connectivity index (χ0) is 18.2. The zero-order valence-corrected chi connectivity index (χ0v) is 15.6. The second-order valence-corrected chi connectivity index (χ2v) is 7.25. The van der Waals surface area contributed by atoms with E-state index in [0.29, 0.717) is 12.3 Å². The van der Waals surface area contributed by atoms with Crippen molar-refractivity contribution in [2.75, 3.05) is 37.8 Å². The van der Waals surface area contributed by atoms with Crippen molar-refractivity contribution in [3.8, 4) is 5.75 Å². The highest BCUT2D eigenvalue weighted by Crippen LogP contribution is 2.20. The first-order valence-corrected chi connectivity index (χ1v) is 9.66. The van der Waals surface area contributed by atoms with E-state index in [-0.39, 0.29) is 12.1 Å². The van der Waals surface area contributed by atoms with Crippen LogP contribution < -0.4 is 15.4 Å². The van der Waals surface area contributed by atoms with E-state index in [1.807, 2.05) is 24.3 Å². The van der Waals surface area contributed by atoms with E-state index in [1.165, 1.54) is 18.1 Å². The summed E-state index contributed by atoms with van der Waals surface area (Å²) in [6.45, 7) is 2.67. The van der Waals surface area contributed by atoms with E-state index < -0.39 is 0 Å². The number of benzene rings is 1. The molecule has 1 aliphatic rings. The minimum atomic E-state index is -0.229. The molecule has 1 aromatic heterocycles. The first-order valence-electron chi connectivity index (χ1n) is 8.67. The van der Waals surface area contributed by atoms with Gasteiger partial charge in [-0.05, 0) is 44.2 Å². The van der Waals surface area contributed by atoms with E-state index in [1.54, 1.807) is 0 Å². The first-order chi connectivity index (χ1) is 12.7. The SMILES string of the molecule is CN1CCC(Oc2ccc(NC(=O)NCCSc3ncn[nH]3)cc2)CC1. The Morgan fingerprint density at radius 3 is 2.81 bits per heavy atom. The average molecular weight is 376 g/mol. The lowest BCUT2D eigenvalue weighted by atomic mass is 10.1. The van der Waals surface area contributed by atoms with Crippen LogP contribution in [0.2, 0.25) is 0 Å². The average Bonchev–Trinajstić information content (AvgIpc) is 3.16. The molecule has 1 fully saturated rings. The van der Waals surface area contributed by atoms with Crippen molar-refractivity contribution >= 4 is 23.5 Å². The van der Waals surface area contributed by atoms with Crippen LogP contribution in [-0.4, -0.2) is 64.7 Å². The van der Waals surface area contributed by atoms with Crippen molar-refractivity contribution < 1.29 is 9.53 Å². The van der Waals surface area contributed by atoms with Gasteiger partial charge in [0.25, 0.3) is 0 Å². The second kappa shape index (κ2) is 9.44. The molecule has 0 spiro atoms. The number of aromatic amines is 1. The zero-order valence-electron chi connectivity index (χ0n) is 14.8. The normalized spacial score (nSPS) is 15.6. The van der Waals surface area contributed by atoms with Gasteiger partial charge >= 0.3 is 6.03 Å². The van der Waals surface area contributed by atoms with Gasteiger partial charge in [0.1, 0.15) is 18.2 Å². The van der Waals surface area contributed by atoms with E-state index in [4.69, 9.17) is 4.74 Å². The summed E-state index contributed by atoms with van der Waals surface area (Å²) in [6, 6.07) is 7.27. The number of nitrogens with one attached hydrogen (secondary N) is 3. The fourth-order valence-electron chi connectivity index (χ4n) is 2.66. The highest BCUT2D eigenvalue weighted by Gasteiger charge is 2.17. The molecule has 26 heavy (non-hydrogen) atoms. The minimum Gasteiger partial charge on any atom is -0.490 e. The predicted octanol–water partition coefficient (Wildman–Crippen LogP) is 2.19. The number of carbonyl (C=O) groups excluding carboxylic acids is 1. The number of aromatic nitrogens is 3. The third kappa shape index (κ3) is 5.92. The summed E-state index contributed by atoms with van der Waals surface area (Å²) in [4.78, 5) is 18.2. The number of thioether (sulfide) groups is 1. The van der Waals surface area contributed by atoms with Crippen molar-refractivity contribution in [2.24, 2.45) is 0 Å². The molecule has 9 heteroatoms. The van der Waals surface area contributed by atoms with Crippen molar-refractivity contribution in [2.45, 2.75) is 24.1 Å². The molecular weight excluding hydrogens is 352 g/mol. The Kier molecular flexibility index (Phi) is 6.73. The molecule has 0 aliphatic carbocycles. The Balaban J connectivity index is 1.35. The summed E-state index contributed by atoms with van der Waals surface area (Å²) in [5.74, 6) is 1.56. The number of ether oxygens (including phenoxy) is 1. The molecule has 0 radical (unpaired) electrons. The van der Waals surface area contributed by atoms with E-state index in [0.717, 1.165) is 42.5 Å². The summed E-state index contributed by atoms with van der Waals surface area (Å²) in [5.41, 5.74) is 0.737. The van der Waals surface area contributed by atoms with E-state index in [9.17, 15) is 4.79 Å². The molecule has 1 saturated heterocycles. The van der Waals surface area contributed by atoms with Crippen molar-refractivity contribution in [1.29, 1.82) is 0 Å². The van der Waals surface area contributed by atoms with Crippen molar-refractivity contribution in [3.05, 3.63) is 30.6 Å². The summed E-state index contributed by atoms with van der Waals surface area (Å²) in [7, 11) is 2.13. The van der Waals surface area contributed by atoms with Gasteiger partial charge in [-0.1, -0.05) is 11.8 Å². The molecule has 140 valence electrons. The van der Waals surface area contributed by atoms with Crippen LogP contribution in [0.5, 0.6) is 5.75 Å². The van der Waals surface area contributed by atoms with Gasteiger partial charge in [-0.2, -0.15) is 5.10 Å². The fourth-order valence-corrected chi connectivity index (χ4v) is 3.30. The number of carbonyl (C=O) groups is 1. The monoisotopic (exact) mass is 376 g/mol. The van der Waals surface area contributed by atoms with Crippen LogP contribution in [0.25, 0.3) is 0 Å². The number of nitrogens with zero attached hydrogens (tertiary/aromatic N) is 3. The largest absolute Gasteiger partial charge is 0.490 e. The second-order valence-electron chi connectivity index (χ2n) is 6.16. The molecule has 0 atom stereocenters. The Bertz CT molecular complexity index is 671. The van der Waals surface area contributed by atoms with Gasteiger partial charge in [0.05, 0.1) is 0 Å². The Morgan fingerprint density at radius 2 is 2.12 bits per heavy atom. The van der Waals surface area contributed by atoms with Crippen LogP contribution >= 0.6 is 11.8 Å². The smallest absolute Gasteiger partial charge is 0.319 e. The van der Waals surface area contributed by atoms with Gasteiger partial charge in [-0.3, -0.25) is 5.10 Å². The maximum atomic E-state index is 11.9. The number of hydrogen-bond donors (Lipinski definition) is 3. The summed E-state index contributed by atoms with van der Waals surface area (Å²) < 4.78 is 6.01. The maximum Gasteiger partial charge on any atom is 0.319 e. The lowest BCUT2D eigenvalue weighted by Crippen LogP contribution is -2.35. The topological polar surface area (TPSA) is 95.2 Å². The number of piperidine rings is 1. The molecule has 8 nitrogen and oxygen atoms in total. The number of likely N-dealkylation sites (tertiary alicyclic amines) is 1. The summed E-state index contributed by atoms with van der Waals surface area (Å²) in [5, 5.41) is 12.9. The van der Waals surface area contributed by atoms with Crippen LogP contribution in [-0.2, 0) is 0 Å². The van der Waals surface area contributed by atoms with Gasteiger partial charge in [0.15, 0.2) is 5.16 Å². The number of H-pyrrole nitrogens is 1. The van der Waals surface area contributed by atoms with Crippen LogP contribution in [0.15, 0.2) is 35.7 Å². The number of hydrogen-bond acceptors (Lipinski definition) is 6. The predicted molar refractivity (Wildman–Crippen MR) is 102 cm³/mol. The molecule has 3 rings (SSSR count). The molecule has 0 unspecified atom stereocenters. The molecule has 3 N–H and O–H groups in total. The maximum absolute atomic E-state index is 11.9. The molecule has 2 aromatic rings. The van der Waals surface area contributed by atoms with Gasteiger partial charge in [-0.15, -0.1) is 0 Å².